The van der Waals surface area contributed by atoms with E-state index in [-0.39, 0.29) is 24.8 Å². The fraction of sp³-hybridized carbons (Fsp3) is 0.280. The monoisotopic (exact) mass is 478 g/mol. The first-order chi connectivity index (χ1) is 16.5. The number of methoxy groups -OCH3 is 1. The number of esters is 1. The summed E-state index contributed by atoms with van der Waals surface area (Å²) in [5.74, 6) is -1.25. The molecule has 1 saturated heterocycles. The van der Waals surface area contributed by atoms with Crippen LogP contribution in [0.5, 0.6) is 0 Å². The van der Waals surface area contributed by atoms with Gasteiger partial charge in [0.05, 0.1) is 30.0 Å². The van der Waals surface area contributed by atoms with Crippen LogP contribution in [-0.2, 0) is 27.3 Å². The molecular formula is C25H23ClN4O4. The van der Waals surface area contributed by atoms with E-state index in [1.54, 1.807) is 29.2 Å². The average Bonchev–Trinajstić information content (AvgIpc) is 3.46. The molecule has 2 aromatic carbocycles. The van der Waals surface area contributed by atoms with Crippen LogP contribution in [0.2, 0.25) is 5.02 Å². The molecule has 34 heavy (non-hydrogen) atoms. The van der Waals surface area contributed by atoms with Gasteiger partial charge in [0.2, 0.25) is 11.8 Å². The van der Waals surface area contributed by atoms with Crippen molar-refractivity contribution in [2.45, 2.75) is 19.4 Å². The van der Waals surface area contributed by atoms with E-state index in [1.807, 2.05) is 24.3 Å². The minimum atomic E-state index is -0.517. The molecule has 1 atom stereocenters. The van der Waals surface area contributed by atoms with Crippen molar-refractivity contribution in [3.8, 4) is 11.3 Å². The number of ether oxygens (including phenoxy) is 1. The molecule has 0 aliphatic carbocycles. The molecule has 2 amide bonds. The summed E-state index contributed by atoms with van der Waals surface area (Å²) in [6.45, 7) is 1.20. The third kappa shape index (κ3) is 3.94. The van der Waals surface area contributed by atoms with Crippen molar-refractivity contribution in [1.82, 2.24) is 15.1 Å². The van der Waals surface area contributed by atoms with Crippen LogP contribution in [0.15, 0.2) is 48.5 Å². The molecular weight excluding hydrogens is 456 g/mol. The highest BCUT2D eigenvalue weighted by Gasteiger charge is 2.39. The number of rotatable bonds is 4. The second kappa shape index (κ2) is 8.95. The zero-order valence-electron chi connectivity index (χ0n) is 18.6. The Bertz CT molecular complexity index is 1270. The second-order valence-electron chi connectivity index (χ2n) is 8.46. The molecule has 5 rings (SSSR count). The first kappa shape index (κ1) is 22.2. The van der Waals surface area contributed by atoms with E-state index in [9.17, 15) is 14.4 Å². The Kier molecular flexibility index (Phi) is 5.83. The number of carbonyl (C=O) groups excluding carboxylic acids is 3. The molecule has 0 radical (unpaired) electrons. The maximum atomic E-state index is 13.4. The molecule has 1 N–H and O–H groups in total. The van der Waals surface area contributed by atoms with E-state index in [4.69, 9.17) is 16.3 Å². The topological polar surface area (TPSA) is 95.6 Å². The van der Waals surface area contributed by atoms with Gasteiger partial charge in [-0.15, -0.1) is 0 Å². The van der Waals surface area contributed by atoms with E-state index >= 15 is 0 Å². The van der Waals surface area contributed by atoms with Gasteiger partial charge in [0.15, 0.2) is 0 Å². The van der Waals surface area contributed by atoms with Gasteiger partial charge in [0.25, 0.3) is 0 Å². The Hall–Kier alpha value is -3.65. The number of benzene rings is 2. The summed E-state index contributed by atoms with van der Waals surface area (Å²) in [4.78, 5) is 41.7. The van der Waals surface area contributed by atoms with Gasteiger partial charge < -0.3 is 14.5 Å². The van der Waals surface area contributed by atoms with Gasteiger partial charge in [-0.05, 0) is 24.3 Å². The molecule has 3 heterocycles. The Balaban J connectivity index is 1.35. The predicted octanol–water partition coefficient (Wildman–Crippen LogP) is 3.45. The summed E-state index contributed by atoms with van der Waals surface area (Å²) < 4.78 is 4.85. The van der Waals surface area contributed by atoms with Crippen LogP contribution >= 0.6 is 11.6 Å². The molecule has 0 saturated carbocycles. The molecule has 2 aliphatic heterocycles. The van der Waals surface area contributed by atoms with E-state index in [0.29, 0.717) is 35.8 Å². The zero-order chi connectivity index (χ0) is 23.8. The van der Waals surface area contributed by atoms with Crippen LogP contribution in [0.4, 0.5) is 5.69 Å². The van der Waals surface area contributed by atoms with Crippen molar-refractivity contribution in [1.29, 1.82) is 0 Å². The van der Waals surface area contributed by atoms with Crippen molar-refractivity contribution < 1.29 is 19.1 Å². The molecule has 1 fully saturated rings. The third-order valence-electron chi connectivity index (χ3n) is 6.44. The van der Waals surface area contributed by atoms with E-state index in [1.165, 1.54) is 12.0 Å². The standard InChI is InChI=1S/C25H23ClN4O4/c1-34-25(33)18-4-2-3-5-21(18)30-13-16(12-22(30)31)24(32)29-11-10-20-19(14-29)23(28-27-20)15-6-8-17(26)9-7-15/h2-9,16H,10-14H2,1H3,(H,27,28). The Morgan fingerprint density at radius 3 is 2.68 bits per heavy atom. The van der Waals surface area contributed by atoms with Crippen LogP contribution in [0.25, 0.3) is 11.3 Å². The molecule has 0 bridgehead atoms. The number of amides is 2. The Morgan fingerprint density at radius 2 is 1.91 bits per heavy atom. The number of carbonyl (C=O) groups is 3. The van der Waals surface area contributed by atoms with Crippen molar-refractivity contribution >= 4 is 35.1 Å². The third-order valence-corrected chi connectivity index (χ3v) is 6.69. The van der Waals surface area contributed by atoms with Crippen LogP contribution in [-0.4, -0.2) is 53.1 Å². The highest BCUT2D eigenvalue weighted by Crippen LogP contribution is 2.33. The minimum Gasteiger partial charge on any atom is -0.465 e. The molecule has 2 aliphatic rings. The zero-order valence-corrected chi connectivity index (χ0v) is 19.3. The van der Waals surface area contributed by atoms with Crippen molar-refractivity contribution in [2.75, 3.05) is 25.1 Å². The average molecular weight is 479 g/mol. The number of halogens is 1. The number of para-hydroxylation sites is 1. The number of hydrogen-bond donors (Lipinski definition) is 1. The summed E-state index contributed by atoms with van der Waals surface area (Å²) in [6, 6.07) is 14.2. The Labute approximate surface area is 201 Å². The van der Waals surface area contributed by atoms with Gasteiger partial charge >= 0.3 is 5.97 Å². The number of aromatic amines is 1. The number of fused-ring (bicyclic) bond motifs is 1. The SMILES string of the molecule is COC(=O)c1ccccc1N1CC(C(=O)N2CCc3[nH]nc(-c4ccc(Cl)cc4)c3C2)CC1=O. The molecule has 1 unspecified atom stereocenters. The highest BCUT2D eigenvalue weighted by atomic mass is 35.5. The maximum Gasteiger partial charge on any atom is 0.339 e. The van der Waals surface area contributed by atoms with Gasteiger partial charge in [0.1, 0.15) is 0 Å². The lowest BCUT2D eigenvalue weighted by Crippen LogP contribution is -2.40. The quantitative estimate of drug-likeness (QED) is 0.579. The highest BCUT2D eigenvalue weighted by molar-refractivity contribution is 6.30. The largest absolute Gasteiger partial charge is 0.465 e. The number of H-pyrrole nitrogens is 1. The van der Waals surface area contributed by atoms with Crippen LogP contribution in [0.1, 0.15) is 28.0 Å². The van der Waals surface area contributed by atoms with E-state index in [0.717, 1.165) is 22.5 Å². The van der Waals surface area contributed by atoms with Gasteiger partial charge in [-0.2, -0.15) is 5.10 Å². The van der Waals surface area contributed by atoms with Gasteiger partial charge in [0, 0.05) is 54.3 Å². The number of aromatic nitrogens is 2. The number of hydrogen-bond acceptors (Lipinski definition) is 5. The number of nitrogens with zero attached hydrogens (tertiary/aromatic N) is 3. The lowest BCUT2D eigenvalue weighted by atomic mass is 9.99. The summed E-state index contributed by atoms with van der Waals surface area (Å²) in [5.41, 5.74) is 4.51. The van der Waals surface area contributed by atoms with Gasteiger partial charge in [-0.25, -0.2) is 4.79 Å². The first-order valence-electron chi connectivity index (χ1n) is 11.0. The maximum absolute atomic E-state index is 13.4. The summed E-state index contributed by atoms with van der Waals surface area (Å²) in [7, 11) is 1.30. The van der Waals surface area contributed by atoms with E-state index < -0.39 is 11.9 Å². The van der Waals surface area contributed by atoms with Gasteiger partial charge in [-0.3, -0.25) is 14.7 Å². The first-order valence-corrected chi connectivity index (χ1v) is 11.4. The van der Waals surface area contributed by atoms with Crippen molar-refractivity contribution in [2.24, 2.45) is 5.92 Å². The minimum absolute atomic E-state index is 0.0692. The second-order valence-corrected chi connectivity index (χ2v) is 8.90. The van der Waals surface area contributed by atoms with Crippen LogP contribution < -0.4 is 4.90 Å². The van der Waals surface area contributed by atoms with Crippen molar-refractivity contribution in [3.63, 3.8) is 0 Å². The Morgan fingerprint density at radius 1 is 1.15 bits per heavy atom. The summed E-state index contributed by atoms with van der Waals surface area (Å²) in [6.07, 6.45) is 0.768. The summed E-state index contributed by atoms with van der Waals surface area (Å²) >= 11 is 6.02. The molecule has 174 valence electrons. The van der Waals surface area contributed by atoms with E-state index in [2.05, 4.69) is 10.2 Å². The number of nitrogens with one attached hydrogen (secondary N) is 1. The molecule has 9 heteroatoms. The normalized spacial score (nSPS) is 17.6. The number of anilines is 1. The lowest BCUT2D eigenvalue weighted by Gasteiger charge is -2.29. The van der Waals surface area contributed by atoms with Crippen molar-refractivity contribution in [3.05, 3.63) is 70.4 Å². The van der Waals surface area contributed by atoms with Gasteiger partial charge in [-0.1, -0.05) is 35.9 Å². The van der Waals surface area contributed by atoms with Crippen LogP contribution in [0, 0.1) is 5.92 Å². The molecule has 1 aromatic heterocycles. The summed E-state index contributed by atoms with van der Waals surface area (Å²) in [5, 5.41) is 8.22. The molecule has 8 nitrogen and oxygen atoms in total. The molecule has 3 aromatic rings. The lowest BCUT2D eigenvalue weighted by molar-refractivity contribution is -0.136. The fourth-order valence-corrected chi connectivity index (χ4v) is 4.81. The molecule has 0 spiro atoms. The predicted molar refractivity (Wildman–Crippen MR) is 126 cm³/mol. The fourth-order valence-electron chi connectivity index (χ4n) is 4.69. The smallest absolute Gasteiger partial charge is 0.339 e. The van der Waals surface area contributed by atoms with Crippen LogP contribution in [0.3, 0.4) is 0 Å².